The molecular formula is C14H8N2. The first-order chi connectivity index (χ1) is 7.90. The Hall–Kier alpha value is -2.58. The number of nitrogens with zero attached hydrogens (tertiary/aromatic N) is 2. The first-order valence-electron chi connectivity index (χ1n) is 4.81. The molecule has 0 bridgehead atoms. The van der Waals surface area contributed by atoms with Gasteiger partial charge in [0.2, 0.25) is 0 Å². The number of nitriles is 1. The Labute approximate surface area is 94.2 Å². The lowest BCUT2D eigenvalue weighted by Gasteiger charge is -1.92. The van der Waals surface area contributed by atoms with E-state index in [1.807, 2.05) is 30.3 Å². The highest BCUT2D eigenvalue weighted by Gasteiger charge is 1.96. The summed E-state index contributed by atoms with van der Waals surface area (Å²) in [6.07, 6.45) is 3.16. The third kappa shape index (κ3) is 2.26. The highest BCUT2D eigenvalue weighted by Crippen LogP contribution is 2.03. The van der Waals surface area contributed by atoms with Crippen molar-refractivity contribution in [3.63, 3.8) is 0 Å². The number of hydrogen-bond donors (Lipinski definition) is 0. The second-order valence-electron chi connectivity index (χ2n) is 3.15. The van der Waals surface area contributed by atoms with Gasteiger partial charge in [0.25, 0.3) is 0 Å². The average Bonchev–Trinajstić information content (AvgIpc) is 2.38. The van der Waals surface area contributed by atoms with Crippen molar-refractivity contribution < 1.29 is 0 Å². The maximum absolute atomic E-state index is 8.86. The summed E-state index contributed by atoms with van der Waals surface area (Å²) in [4.78, 5) is 3.88. The average molecular weight is 204 g/mol. The predicted molar refractivity (Wildman–Crippen MR) is 61.4 cm³/mol. The molecule has 2 nitrogen and oxygen atoms in total. The van der Waals surface area contributed by atoms with E-state index in [-0.39, 0.29) is 0 Å². The van der Waals surface area contributed by atoms with Gasteiger partial charge in [-0.15, -0.1) is 0 Å². The molecule has 0 fully saturated rings. The van der Waals surface area contributed by atoms with Crippen LogP contribution in [0.25, 0.3) is 0 Å². The van der Waals surface area contributed by atoms with Gasteiger partial charge in [-0.25, -0.2) is 0 Å². The molecule has 0 unspecified atom stereocenters. The maximum atomic E-state index is 8.86. The highest BCUT2D eigenvalue weighted by atomic mass is 14.6. The van der Waals surface area contributed by atoms with Gasteiger partial charge in [-0.1, -0.05) is 30.0 Å². The van der Waals surface area contributed by atoms with Crippen LogP contribution in [0.5, 0.6) is 0 Å². The largest absolute Gasteiger partial charge is 0.263 e. The lowest BCUT2D eigenvalue weighted by Crippen LogP contribution is -1.84. The zero-order chi connectivity index (χ0) is 11.2. The van der Waals surface area contributed by atoms with Crippen molar-refractivity contribution in [3.8, 4) is 17.9 Å². The molecule has 0 aliphatic heterocycles. The summed E-state index contributed by atoms with van der Waals surface area (Å²) in [5, 5.41) is 8.86. The van der Waals surface area contributed by atoms with Crippen LogP contribution in [0.15, 0.2) is 48.8 Å². The lowest BCUT2D eigenvalue weighted by atomic mass is 10.1. The molecule has 0 amide bonds. The first-order valence-corrected chi connectivity index (χ1v) is 4.81. The fourth-order valence-corrected chi connectivity index (χ4v) is 1.25. The molecule has 0 spiro atoms. The van der Waals surface area contributed by atoms with Gasteiger partial charge in [0.15, 0.2) is 0 Å². The van der Waals surface area contributed by atoms with Crippen LogP contribution in [0.4, 0.5) is 0 Å². The molecule has 0 saturated carbocycles. The van der Waals surface area contributed by atoms with E-state index in [0.29, 0.717) is 11.1 Å². The van der Waals surface area contributed by atoms with E-state index >= 15 is 0 Å². The van der Waals surface area contributed by atoms with E-state index in [0.717, 1.165) is 5.56 Å². The van der Waals surface area contributed by atoms with Gasteiger partial charge >= 0.3 is 0 Å². The summed E-state index contributed by atoms with van der Waals surface area (Å²) in [5.41, 5.74) is 2.15. The molecule has 0 saturated heterocycles. The summed E-state index contributed by atoms with van der Waals surface area (Å²) in [7, 11) is 0. The second-order valence-corrected chi connectivity index (χ2v) is 3.15. The minimum atomic E-state index is 0.505. The van der Waals surface area contributed by atoms with Crippen LogP contribution in [0, 0.1) is 23.2 Å². The number of aromatic nitrogens is 1. The fourth-order valence-electron chi connectivity index (χ4n) is 1.25. The van der Waals surface area contributed by atoms with Crippen molar-refractivity contribution in [1.82, 2.24) is 4.98 Å². The molecule has 1 aromatic heterocycles. The van der Waals surface area contributed by atoms with Gasteiger partial charge in [-0.2, -0.15) is 5.26 Å². The van der Waals surface area contributed by atoms with Gasteiger partial charge in [0.05, 0.1) is 5.56 Å². The van der Waals surface area contributed by atoms with Crippen molar-refractivity contribution in [3.05, 3.63) is 65.5 Å². The van der Waals surface area contributed by atoms with E-state index < -0.39 is 0 Å². The normalized spacial score (nSPS) is 8.69. The van der Waals surface area contributed by atoms with Gasteiger partial charge in [-0.05, 0) is 18.2 Å². The van der Waals surface area contributed by atoms with Crippen LogP contribution >= 0.6 is 0 Å². The van der Waals surface area contributed by atoms with Crippen LogP contribution in [-0.4, -0.2) is 4.98 Å². The molecule has 0 N–H and O–H groups in total. The Bertz CT molecular complexity index is 583. The van der Waals surface area contributed by atoms with Gasteiger partial charge in [0.1, 0.15) is 6.07 Å². The monoisotopic (exact) mass is 204 g/mol. The van der Waals surface area contributed by atoms with Crippen molar-refractivity contribution in [2.45, 2.75) is 0 Å². The smallest absolute Gasteiger partial charge is 0.102 e. The summed E-state index contributed by atoms with van der Waals surface area (Å²) in [5.74, 6) is 5.97. The second kappa shape index (κ2) is 4.77. The van der Waals surface area contributed by atoms with Crippen LogP contribution in [0.1, 0.15) is 16.7 Å². The fraction of sp³-hybridized carbons (Fsp3) is 0. The van der Waals surface area contributed by atoms with Crippen molar-refractivity contribution >= 4 is 0 Å². The highest BCUT2D eigenvalue weighted by molar-refractivity contribution is 5.49. The summed E-state index contributed by atoms with van der Waals surface area (Å²) >= 11 is 0. The Kier molecular flexibility index (Phi) is 2.97. The summed E-state index contributed by atoms with van der Waals surface area (Å²) < 4.78 is 0. The van der Waals surface area contributed by atoms with Gasteiger partial charge < -0.3 is 0 Å². The molecular weight excluding hydrogens is 196 g/mol. The molecule has 2 rings (SSSR count). The van der Waals surface area contributed by atoms with Crippen LogP contribution in [0.3, 0.4) is 0 Å². The van der Waals surface area contributed by atoms with Crippen LogP contribution in [0.2, 0.25) is 0 Å². The molecule has 74 valence electrons. The number of pyridine rings is 1. The molecule has 2 aromatic rings. The standard InChI is InChI=1S/C14H8N2/c15-10-14-11-16-9-8-13(14)7-6-12-4-2-1-3-5-12/h1-5,8-9,11H. The minimum Gasteiger partial charge on any atom is -0.263 e. The number of hydrogen-bond acceptors (Lipinski definition) is 2. The Morgan fingerprint density at radius 1 is 0.938 bits per heavy atom. The molecule has 2 heteroatoms. The third-order valence-electron chi connectivity index (χ3n) is 2.06. The summed E-state index contributed by atoms with van der Waals surface area (Å²) in [6.45, 7) is 0. The van der Waals surface area contributed by atoms with Crippen molar-refractivity contribution in [1.29, 1.82) is 5.26 Å². The first kappa shape index (κ1) is 9.96. The van der Waals surface area contributed by atoms with E-state index in [4.69, 9.17) is 5.26 Å². The van der Waals surface area contributed by atoms with E-state index in [1.165, 1.54) is 6.20 Å². The quantitative estimate of drug-likeness (QED) is 0.617. The van der Waals surface area contributed by atoms with E-state index in [1.54, 1.807) is 12.3 Å². The molecule has 0 radical (unpaired) electrons. The predicted octanol–water partition coefficient (Wildman–Crippen LogP) is 2.35. The Balaban J connectivity index is 2.36. The minimum absolute atomic E-state index is 0.505. The third-order valence-corrected chi connectivity index (χ3v) is 2.06. The topological polar surface area (TPSA) is 36.7 Å². The molecule has 0 atom stereocenters. The van der Waals surface area contributed by atoms with Crippen LogP contribution in [-0.2, 0) is 0 Å². The maximum Gasteiger partial charge on any atom is 0.102 e. The van der Waals surface area contributed by atoms with Crippen molar-refractivity contribution in [2.24, 2.45) is 0 Å². The van der Waals surface area contributed by atoms with E-state index in [2.05, 4.69) is 22.9 Å². The molecule has 16 heavy (non-hydrogen) atoms. The van der Waals surface area contributed by atoms with Crippen LogP contribution < -0.4 is 0 Å². The zero-order valence-corrected chi connectivity index (χ0v) is 8.51. The van der Waals surface area contributed by atoms with Gasteiger partial charge in [0, 0.05) is 23.5 Å². The Morgan fingerprint density at radius 3 is 2.50 bits per heavy atom. The lowest BCUT2D eigenvalue weighted by molar-refractivity contribution is 1.29. The zero-order valence-electron chi connectivity index (χ0n) is 8.51. The molecule has 0 aliphatic carbocycles. The van der Waals surface area contributed by atoms with Crippen molar-refractivity contribution in [2.75, 3.05) is 0 Å². The Morgan fingerprint density at radius 2 is 1.75 bits per heavy atom. The summed E-state index contributed by atoms with van der Waals surface area (Å²) in [6, 6.07) is 13.5. The van der Waals surface area contributed by atoms with E-state index in [9.17, 15) is 0 Å². The molecule has 1 heterocycles. The molecule has 0 aliphatic rings. The van der Waals surface area contributed by atoms with Gasteiger partial charge in [-0.3, -0.25) is 4.98 Å². The number of rotatable bonds is 0. The molecule has 1 aromatic carbocycles. The SMILES string of the molecule is N#Cc1cnccc1C#Cc1ccccc1. The number of benzene rings is 1.